The number of hydrogen-bond donors (Lipinski definition) is 1. The van der Waals surface area contributed by atoms with Gasteiger partial charge in [0.2, 0.25) is 11.8 Å². The Hall–Kier alpha value is -2.96. The third-order valence-corrected chi connectivity index (χ3v) is 5.59. The average Bonchev–Trinajstić information content (AvgIpc) is 2.97. The van der Waals surface area contributed by atoms with E-state index < -0.39 is 36.4 Å². The lowest BCUT2D eigenvalue weighted by molar-refractivity contribution is -0.159. The van der Waals surface area contributed by atoms with Gasteiger partial charge in [0, 0.05) is 6.54 Å². The van der Waals surface area contributed by atoms with E-state index in [9.17, 15) is 19.2 Å². The maximum absolute atomic E-state index is 12.5. The van der Waals surface area contributed by atoms with Crippen molar-refractivity contribution in [2.24, 2.45) is 11.8 Å². The SMILES string of the molecule is Cc1ccccc1CCNC(=O)COC(=O)[C@H](C)N1C(=O)[C@H]2CC=CC[C@H]2C1=O. The van der Waals surface area contributed by atoms with Gasteiger partial charge in [0.05, 0.1) is 11.8 Å². The van der Waals surface area contributed by atoms with Gasteiger partial charge in [-0.05, 0) is 44.2 Å². The zero-order valence-electron chi connectivity index (χ0n) is 16.7. The summed E-state index contributed by atoms with van der Waals surface area (Å²) in [6.07, 6.45) is 5.48. The first kappa shape index (κ1) is 20.8. The highest BCUT2D eigenvalue weighted by molar-refractivity contribution is 6.08. The number of aryl methyl sites for hydroxylation is 1. The molecule has 3 amide bonds. The predicted molar refractivity (Wildman–Crippen MR) is 106 cm³/mol. The highest BCUT2D eigenvalue weighted by Crippen LogP contribution is 2.36. The maximum Gasteiger partial charge on any atom is 0.329 e. The monoisotopic (exact) mass is 398 g/mol. The Kier molecular flexibility index (Phi) is 6.46. The summed E-state index contributed by atoms with van der Waals surface area (Å²) in [6.45, 7) is 3.45. The maximum atomic E-state index is 12.5. The summed E-state index contributed by atoms with van der Waals surface area (Å²) in [5, 5.41) is 2.71. The van der Waals surface area contributed by atoms with Crippen LogP contribution in [0.1, 0.15) is 30.9 Å². The van der Waals surface area contributed by atoms with Crippen LogP contribution in [0.5, 0.6) is 0 Å². The summed E-state index contributed by atoms with van der Waals surface area (Å²) >= 11 is 0. The van der Waals surface area contributed by atoms with Gasteiger partial charge >= 0.3 is 5.97 Å². The lowest BCUT2D eigenvalue weighted by Crippen LogP contribution is -2.45. The third-order valence-electron chi connectivity index (χ3n) is 5.59. The van der Waals surface area contributed by atoms with Crippen molar-refractivity contribution in [3.63, 3.8) is 0 Å². The molecule has 7 heteroatoms. The number of ether oxygens (including phenoxy) is 1. The molecule has 1 fully saturated rings. The third kappa shape index (κ3) is 4.55. The molecule has 1 aromatic rings. The van der Waals surface area contributed by atoms with Crippen LogP contribution in [0, 0.1) is 18.8 Å². The van der Waals surface area contributed by atoms with E-state index in [1.165, 1.54) is 6.92 Å². The smallest absolute Gasteiger partial charge is 0.329 e. The second-order valence-electron chi connectivity index (χ2n) is 7.51. The second-order valence-corrected chi connectivity index (χ2v) is 7.51. The van der Waals surface area contributed by atoms with Crippen molar-refractivity contribution in [2.45, 2.75) is 39.2 Å². The van der Waals surface area contributed by atoms with Crippen molar-refractivity contribution in [1.82, 2.24) is 10.2 Å². The largest absolute Gasteiger partial charge is 0.454 e. The molecule has 0 spiro atoms. The molecule has 3 atom stereocenters. The fraction of sp³-hybridized carbons (Fsp3) is 0.455. The van der Waals surface area contributed by atoms with Gasteiger partial charge < -0.3 is 10.1 Å². The van der Waals surface area contributed by atoms with Crippen molar-refractivity contribution in [3.05, 3.63) is 47.5 Å². The molecule has 1 heterocycles. The number of esters is 1. The summed E-state index contributed by atoms with van der Waals surface area (Å²) in [4.78, 5) is 50.3. The molecule has 0 aromatic heterocycles. The molecular formula is C22H26N2O5. The minimum absolute atomic E-state index is 0.337. The molecule has 1 aliphatic heterocycles. The molecule has 0 saturated carbocycles. The molecule has 1 aromatic carbocycles. The topological polar surface area (TPSA) is 92.8 Å². The minimum atomic E-state index is -1.04. The average molecular weight is 398 g/mol. The Balaban J connectivity index is 1.45. The van der Waals surface area contributed by atoms with E-state index in [1.807, 2.05) is 43.3 Å². The van der Waals surface area contributed by atoms with Crippen molar-refractivity contribution in [3.8, 4) is 0 Å². The van der Waals surface area contributed by atoms with Crippen LogP contribution in [0.25, 0.3) is 0 Å². The molecule has 1 saturated heterocycles. The highest BCUT2D eigenvalue weighted by atomic mass is 16.5. The summed E-state index contributed by atoms with van der Waals surface area (Å²) in [5.74, 6) is -2.64. The first-order valence-electron chi connectivity index (χ1n) is 9.90. The fourth-order valence-electron chi connectivity index (χ4n) is 3.85. The van der Waals surface area contributed by atoms with E-state index in [0.29, 0.717) is 25.8 Å². The lowest BCUT2D eigenvalue weighted by Gasteiger charge is -2.21. The van der Waals surface area contributed by atoms with Gasteiger partial charge in [-0.3, -0.25) is 19.3 Å². The van der Waals surface area contributed by atoms with Crippen LogP contribution in [0.3, 0.4) is 0 Å². The number of nitrogens with zero attached hydrogens (tertiary/aromatic N) is 1. The fourth-order valence-corrected chi connectivity index (χ4v) is 3.85. The van der Waals surface area contributed by atoms with Gasteiger partial charge in [0.25, 0.3) is 5.91 Å². The van der Waals surface area contributed by atoms with Crippen molar-refractivity contribution < 1.29 is 23.9 Å². The van der Waals surface area contributed by atoms with Crippen molar-refractivity contribution in [2.75, 3.05) is 13.2 Å². The molecule has 7 nitrogen and oxygen atoms in total. The van der Waals surface area contributed by atoms with Crippen LogP contribution in [0.15, 0.2) is 36.4 Å². The van der Waals surface area contributed by atoms with Crippen molar-refractivity contribution >= 4 is 23.7 Å². The molecule has 1 aliphatic carbocycles. The number of nitrogens with one attached hydrogen (secondary N) is 1. The number of fused-ring (bicyclic) bond motifs is 1. The normalized spacial score (nSPS) is 21.7. The number of likely N-dealkylation sites (tertiary alicyclic amines) is 1. The van der Waals surface area contributed by atoms with Crippen LogP contribution in [0.4, 0.5) is 0 Å². The summed E-state index contributed by atoms with van der Waals surface area (Å²) in [5.41, 5.74) is 2.29. The highest BCUT2D eigenvalue weighted by Gasteiger charge is 2.50. The number of benzene rings is 1. The number of carbonyl (C=O) groups is 4. The van der Waals surface area contributed by atoms with Gasteiger partial charge in [0.1, 0.15) is 6.04 Å². The minimum Gasteiger partial charge on any atom is -0.454 e. The molecule has 29 heavy (non-hydrogen) atoms. The van der Waals surface area contributed by atoms with E-state index >= 15 is 0 Å². The molecule has 154 valence electrons. The number of carbonyl (C=O) groups excluding carboxylic acids is 4. The molecule has 3 rings (SSSR count). The summed E-state index contributed by atoms with van der Waals surface area (Å²) in [7, 11) is 0. The van der Waals surface area contributed by atoms with E-state index in [4.69, 9.17) is 4.74 Å². The molecule has 1 N–H and O–H groups in total. The van der Waals surface area contributed by atoms with Crippen LogP contribution in [-0.2, 0) is 30.3 Å². The summed E-state index contributed by atoms with van der Waals surface area (Å²) in [6, 6.07) is 6.87. The van der Waals surface area contributed by atoms with Crippen LogP contribution in [0.2, 0.25) is 0 Å². The van der Waals surface area contributed by atoms with Crippen molar-refractivity contribution in [1.29, 1.82) is 0 Å². The Morgan fingerprint density at radius 2 is 1.76 bits per heavy atom. The van der Waals surface area contributed by atoms with Crippen LogP contribution < -0.4 is 5.32 Å². The zero-order valence-corrected chi connectivity index (χ0v) is 16.7. The first-order chi connectivity index (χ1) is 13.9. The van der Waals surface area contributed by atoms with E-state index in [0.717, 1.165) is 16.0 Å². The second kappa shape index (κ2) is 9.03. The number of rotatable bonds is 7. The Bertz CT molecular complexity index is 821. The molecule has 2 aliphatic rings. The van der Waals surface area contributed by atoms with Gasteiger partial charge in [-0.25, -0.2) is 4.79 Å². The van der Waals surface area contributed by atoms with Crippen LogP contribution in [-0.4, -0.2) is 47.8 Å². The Labute approximate surface area is 170 Å². The zero-order chi connectivity index (χ0) is 21.0. The molecular weight excluding hydrogens is 372 g/mol. The molecule has 0 radical (unpaired) electrons. The van der Waals surface area contributed by atoms with Gasteiger partial charge in [-0.15, -0.1) is 0 Å². The number of imide groups is 1. The molecule has 0 bridgehead atoms. The van der Waals surface area contributed by atoms with E-state index in [1.54, 1.807) is 0 Å². The van der Waals surface area contributed by atoms with Crippen LogP contribution >= 0.6 is 0 Å². The quantitative estimate of drug-likeness (QED) is 0.427. The number of amides is 3. The molecule has 0 unspecified atom stereocenters. The lowest BCUT2D eigenvalue weighted by atomic mass is 9.85. The standard InChI is InChI=1S/C22H26N2O5/c1-14-7-3-4-8-16(14)11-12-23-19(25)13-29-22(28)15(2)24-20(26)17-9-5-6-10-18(17)21(24)27/h3-8,15,17-18H,9-13H2,1-2H3,(H,23,25)/t15-,17-,18+/m0/s1. The number of allylic oxidation sites excluding steroid dienone is 2. The van der Waals surface area contributed by atoms with E-state index in [2.05, 4.69) is 5.32 Å². The van der Waals surface area contributed by atoms with E-state index in [-0.39, 0.29) is 11.8 Å². The van der Waals surface area contributed by atoms with Gasteiger partial charge in [-0.2, -0.15) is 0 Å². The Morgan fingerprint density at radius 3 is 2.38 bits per heavy atom. The first-order valence-corrected chi connectivity index (χ1v) is 9.90. The van der Waals surface area contributed by atoms with Gasteiger partial charge in [-0.1, -0.05) is 36.4 Å². The van der Waals surface area contributed by atoms with Gasteiger partial charge in [0.15, 0.2) is 6.61 Å². The Morgan fingerprint density at radius 1 is 1.14 bits per heavy atom. The number of hydrogen-bond acceptors (Lipinski definition) is 5. The predicted octanol–water partition coefficient (Wildman–Crippen LogP) is 1.54. The summed E-state index contributed by atoms with van der Waals surface area (Å²) < 4.78 is 5.04.